The molecular formula is C19H18Br2N4O4S. The van der Waals surface area contributed by atoms with Crippen LogP contribution in [0.5, 0.6) is 5.75 Å². The highest BCUT2D eigenvalue weighted by atomic mass is 79.9. The van der Waals surface area contributed by atoms with Crippen molar-refractivity contribution in [3.8, 4) is 5.75 Å². The Bertz CT molecular complexity index is 989. The summed E-state index contributed by atoms with van der Waals surface area (Å²) in [5.41, 5.74) is 1.09. The van der Waals surface area contributed by atoms with Crippen LogP contribution in [0.15, 0.2) is 39.3 Å². The van der Waals surface area contributed by atoms with E-state index in [4.69, 9.17) is 12.2 Å². The van der Waals surface area contributed by atoms with Crippen LogP contribution in [-0.4, -0.2) is 34.1 Å². The number of nitro groups is 1. The maximum absolute atomic E-state index is 12.6. The number of aromatic hydroxyl groups is 1. The standard InChI is InChI=1S/C19H18Br2N4O4S/c20-13-9-12(10-14(21)17(13)26)22-19(30)23-18(27)11-4-5-15(16(8-11)25(28)29)24-6-2-1-3-7-24/h4-5,8-10,26H,1-3,6-7H2,(H2,22,23,27,30). The summed E-state index contributed by atoms with van der Waals surface area (Å²) in [6.45, 7) is 1.52. The number of nitrogens with one attached hydrogen (secondary N) is 2. The molecule has 2 aromatic carbocycles. The van der Waals surface area contributed by atoms with Gasteiger partial charge in [-0.2, -0.15) is 0 Å². The first-order valence-electron chi connectivity index (χ1n) is 9.10. The van der Waals surface area contributed by atoms with Crippen molar-refractivity contribution in [1.29, 1.82) is 0 Å². The van der Waals surface area contributed by atoms with E-state index in [2.05, 4.69) is 42.5 Å². The fourth-order valence-electron chi connectivity index (χ4n) is 3.19. The van der Waals surface area contributed by atoms with Gasteiger partial charge < -0.3 is 15.3 Å². The van der Waals surface area contributed by atoms with Gasteiger partial charge in [0, 0.05) is 30.4 Å². The smallest absolute Gasteiger partial charge is 0.293 e. The third kappa shape index (κ3) is 5.27. The number of phenolic OH excluding ortho intramolecular Hbond substituents is 1. The molecule has 1 aliphatic rings. The average Bonchev–Trinajstić information content (AvgIpc) is 2.72. The zero-order valence-corrected chi connectivity index (χ0v) is 19.6. The number of piperidine rings is 1. The van der Waals surface area contributed by atoms with Crippen molar-refractivity contribution < 1.29 is 14.8 Å². The Kier molecular flexibility index (Phi) is 7.27. The number of thiocarbonyl (C=S) groups is 1. The van der Waals surface area contributed by atoms with Gasteiger partial charge in [-0.05, 0) is 87.6 Å². The molecule has 1 fully saturated rings. The number of carbonyl (C=O) groups excluding carboxylic acids is 1. The summed E-state index contributed by atoms with van der Waals surface area (Å²) in [6, 6.07) is 7.63. The molecule has 2 aromatic rings. The maximum atomic E-state index is 12.6. The van der Waals surface area contributed by atoms with Gasteiger partial charge in [-0.25, -0.2) is 0 Å². The SMILES string of the molecule is O=C(NC(=S)Nc1cc(Br)c(O)c(Br)c1)c1ccc(N2CCCCC2)c([N+](=O)[O-])c1. The minimum atomic E-state index is -0.558. The van der Waals surface area contributed by atoms with Crippen LogP contribution >= 0.6 is 44.1 Å². The predicted octanol–water partition coefficient (Wildman–Crippen LogP) is 4.94. The monoisotopic (exact) mass is 556 g/mol. The zero-order valence-electron chi connectivity index (χ0n) is 15.7. The molecule has 0 aromatic heterocycles. The summed E-state index contributed by atoms with van der Waals surface area (Å²) >= 11 is 11.6. The molecule has 158 valence electrons. The molecule has 0 unspecified atom stereocenters. The molecule has 0 bridgehead atoms. The second kappa shape index (κ2) is 9.71. The van der Waals surface area contributed by atoms with Crippen molar-refractivity contribution in [2.75, 3.05) is 23.3 Å². The lowest BCUT2D eigenvalue weighted by molar-refractivity contribution is -0.384. The topological polar surface area (TPSA) is 108 Å². The van der Waals surface area contributed by atoms with E-state index in [1.54, 1.807) is 24.3 Å². The number of nitro benzene ring substituents is 1. The van der Waals surface area contributed by atoms with Crippen molar-refractivity contribution in [3.05, 3.63) is 55.0 Å². The van der Waals surface area contributed by atoms with E-state index < -0.39 is 10.8 Å². The molecule has 1 aliphatic heterocycles. The van der Waals surface area contributed by atoms with Gasteiger partial charge in [0.2, 0.25) is 0 Å². The second-order valence-corrected chi connectivity index (χ2v) is 8.82. The van der Waals surface area contributed by atoms with Crippen LogP contribution in [0.2, 0.25) is 0 Å². The number of rotatable bonds is 4. The largest absolute Gasteiger partial charge is 0.506 e. The Morgan fingerprint density at radius 3 is 2.37 bits per heavy atom. The molecule has 3 rings (SSSR count). The maximum Gasteiger partial charge on any atom is 0.293 e. The van der Waals surface area contributed by atoms with E-state index in [9.17, 15) is 20.0 Å². The molecule has 0 saturated carbocycles. The van der Waals surface area contributed by atoms with E-state index in [-0.39, 0.29) is 22.1 Å². The highest BCUT2D eigenvalue weighted by Crippen LogP contribution is 2.35. The minimum absolute atomic E-state index is 0.0206. The minimum Gasteiger partial charge on any atom is -0.506 e. The highest BCUT2D eigenvalue weighted by molar-refractivity contribution is 9.11. The normalized spacial score (nSPS) is 13.6. The lowest BCUT2D eigenvalue weighted by Gasteiger charge is -2.28. The third-order valence-corrected chi connectivity index (χ3v) is 6.05. The van der Waals surface area contributed by atoms with Crippen molar-refractivity contribution in [3.63, 3.8) is 0 Å². The Labute approximate surface area is 195 Å². The van der Waals surface area contributed by atoms with Gasteiger partial charge in [-0.15, -0.1) is 0 Å². The van der Waals surface area contributed by atoms with E-state index in [0.717, 1.165) is 32.4 Å². The number of halogens is 2. The van der Waals surface area contributed by atoms with Crippen LogP contribution < -0.4 is 15.5 Å². The summed E-state index contributed by atoms with van der Waals surface area (Å²) in [7, 11) is 0. The zero-order chi connectivity index (χ0) is 21.8. The van der Waals surface area contributed by atoms with Crippen LogP contribution in [0.25, 0.3) is 0 Å². The second-order valence-electron chi connectivity index (χ2n) is 6.71. The van der Waals surface area contributed by atoms with E-state index in [1.165, 1.54) is 6.07 Å². The molecule has 8 nitrogen and oxygen atoms in total. The van der Waals surface area contributed by atoms with Crippen LogP contribution in [0.1, 0.15) is 29.6 Å². The van der Waals surface area contributed by atoms with Crippen LogP contribution in [0, 0.1) is 10.1 Å². The van der Waals surface area contributed by atoms with Crippen LogP contribution in [0.3, 0.4) is 0 Å². The number of amides is 1. The van der Waals surface area contributed by atoms with Crippen LogP contribution in [-0.2, 0) is 0 Å². The molecule has 1 amide bonds. The Hall–Kier alpha value is -2.24. The highest BCUT2D eigenvalue weighted by Gasteiger charge is 2.23. The lowest BCUT2D eigenvalue weighted by Crippen LogP contribution is -2.34. The predicted molar refractivity (Wildman–Crippen MR) is 126 cm³/mol. The van der Waals surface area contributed by atoms with Gasteiger partial charge in [0.25, 0.3) is 11.6 Å². The van der Waals surface area contributed by atoms with E-state index >= 15 is 0 Å². The molecule has 1 heterocycles. The first-order chi connectivity index (χ1) is 14.3. The first-order valence-corrected chi connectivity index (χ1v) is 11.1. The average molecular weight is 558 g/mol. The lowest BCUT2D eigenvalue weighted by atomic mass is 10.1. The molecular weight excluding hydrogens is 540 g/mol. The number of phenols is 1. The molecule has 0 spiro atoms. The fraction of sp³-hybridized carbons (Fsp3) is 0.263. The summed E-state index contributed by atoms with van der Waals surface area (Å²) in [6.07, 6.45) is 3.09. The Morgan fingerprint density at radius 1 is 1.13 bits per heavy atom. The van der Waals surface area contributed by atoms with Crippen molar-refractivity contribution in [1.82, 2.24) is 5.32 Å². The molecule has 30 heavy (non-hydrogen) atoms. The molecule has 0 aliphatic carbocycles. The summed E-state index contributed by atoms with van der Waals surface area (Å²) in [5.74, 6) is -0.519. The molecule has 11 heteroatoms. The number of anilines is 2. The van der Waals surface area contributed by atoms with Gasteiger partial charge in [-0.3, -0.25) is 20.2 Å². The van der Waals surface area contributed by atoms with Crippen molar-refractivity contribution >= 4 is 72.2 Å². The van der Waals surface area contributed by atoms with Gasteiger partial charge in [-0.1, -0.05) is 0 Å². The van der Waals surface area contributed by atoms with E-state index in [1.807, 2.05) is 4.90 Å². The molecule has 0 atom stereocenters. The van der Waals surface area contributed by atoms with E-state index in [0.29, 0.717) is 20.3 Å². The molecule has 3 N–H and O–H groups in total. The van der Waals surface area contributed by atoms with Gasteiger partial charge >= 0.3 is 0 Å². The molecule has 1 saturated heterocycles. The Balaban J connectivity index is 1.73. The third-order valence-electron chi connectivity index (χ3n) is 4.63. The number of hydrogen-bond donors (Lipinski definition) is 3. The van der Waals surface area contributed by atoms with Crippen molar-refractivity contribution in [2.24, 2.45) is 0 Å². The summed E-state index contributed by atoms with van der Waals surface area (Å²) in [5, 5.41) is 26.7. The number of hydrogen-bond acceptors (Lipinski definition) is 6. The summed E-state index contributed by atoms with van der Waals surface area (Å²) < 4.78 is 0.884. The first kappa shape index (κ1) is 22.4. The van der Waals surface area contributed by atoms with Gasteiger partial charge in [0.1, 0.15) is 11.4 Å². The number of benzene rings is 2. The Morgan fingerprint density at radius 2 is 1.77 bits per heavy atom. The number of carbonyl (C=O) groups is 1. The number of nitrogens with zero attached hydrogens (tertiary/aromatic N) is 2. The summed E-state index contributed by atoms with van der Waals surface area (Å²) in [4.78, 5) is 25.6. The van der Waals surface area contributed by atoms with Gasteiger partial charge in [0.15, 0.2) is 5.11 Å². The van der Waals surface area contributed by atoms with Gasteiger partial charge in [0.05, 0.1) is 13.9 Å². The van der Waals surface area contributed by atoms with Crippen LogP contribution in [0.4, 0.5) is 17.1 Å². The fourth-order valence-corrected chi connectivity index (χ4v) is 4.59. The van der Waals surface area contributed by atoms with Crippen molar-refractivity contribution in [2.45, 2.75) is 19.3 Å². The quantitative estimate of drug-likeness (QED) is 0.211. The molecule has 0 radical (unpaired) electrons.